The summed E-state index contributed by atoms with van der Waals surface area (Å²) in [5, 5.41) is 0. The normalized spacial score (nSPS) is 18.6. The van der Waals surface area contributed by atoms with Crippen molar-refractivity contribution in [2.24, 2.45) is 5.92 Å². The fourth-order valence-electron chi connectivity index (χ4n) is 5.45. The van der Waals surface area contributed by atoms with Gasteiger partial charge in [0.2, 0.25) is 0 Å². The van der Waals surface area contributed by atoms with Crippen LogP contribution in [-0.4, -0.2) is 6.61 Å². The van der Waals surface area contributed by atoms with Crippen LogP contribution in [0.3, 0.4) is 0 Å². The average molecular weight is 435 g/mol. The summed E-state index contributed by atoms with van der Waals surface area (Å²) in [6.07, 6.45) is 15.8. The van der Waals surface area contributed by atoms with Gasteiger partial charge in [0.1, 0.15) is 5.75 Å². The number of ether oxygens (including phenoxy) is 1. The van der Waals surface area contributed by atoms with Gasteiger partial charge in [-0.2, -0.15) is 0 Å². The highest BCUT2D eigenvalue weighted by Gasteiger charge is 2.23. The van der Waals surface area contributed by atoms with E-state index in [4.69, 9.17) is 4.74 Å². The second-order valence-electron chi connectivity index (χ2n) is 10.2. The summed E-state index contributed by atoms with van der Waals surface area (Å²) in [7, 11) is 0. The van der Waals surface area contributed by atoms with Gasteiger partial charge in [-0.1, -0.05) is 70.2 Å². The van der Waals surface area contributed by atoms with E-state index in [2.05, 4.69) is 64.1 Å². The van der Waals surface area contributed by atoms with E-state index in [0.29, 0.717) is 0 Å². The van der Waals surface area contributed by atoms with E-state index in [1.165, 1.54) is 80.0 Å². The minimum absolute atomic E-state index is 0.786. The van der Waals surface area contributed by atoms with E-state index in [1.807, 2.05) is 0 Å². The van der Waals surface area contributed by atoms with Crippen molar-refractivity contribution in [1.82, 2.24) is 0 Å². The van der Waals surface area contributed by atoms with E-state index in [9.17, 15) is 0 Å². The monoisotopic (exact) mass is 434 g/mol. The van der Waals surface area contributed by atoms with Crippen molar-refractivity contribution in [3.05, 3.63) is 64.2 Å². The predicted molar refractivity (Wildman–Crippen MR) is 139 cm³/mol. The van der Waals surface area contributed by atoms with Crippen LogP contribution in [-0.2, 0) is 12.8 Å². The van der Waals surface area contributed by atoms with Gasteiger partial charge in [-0.25, -0.2) is 0 Å². The van der Waals surface area contributed by atoms with Crippen LogP contribution in [0.2, 0.25) is 0 Å². The minimum Gasteiger partial charge on any atom is -0.494 e. The van der Waals surface area contributed by atoms with E-state index in [0.717, 1.165) is 43.5 Å². The van der Waals surface area contributed by atoms with Gasteiger partial charge in [-0.05, 0) is 111 Å². The first-order valence-corrected chi connectivity index (χ1v) is 13.4. The molecule has 1 aliphatic rings. The van der Waals surface area contributed by atoms with Gasteiger partial charge in [0.05, 0.1) is 6.61 Å². The Morgan fingerprint density at radius 2 is 1.56 bits per heavy atom. The molecule has 0 bridgehead atoms. The SMILES string of the molecule is CCCCC[C@H]1CC[C@H](c2ccc(CCc3ccc(OCCCC)cc3C)cc2C)CC1. The van der Waals surface area contributed by atoms with Gasteiger partial charge < -0.3 is 4.74 Å². The number of rotatable bonds is 12. The predicted octanol–water partition coefficient (Wildman–Crippen LogP) is 9.12. The van der Waals surface area contributed by atoms with Crippen molar-refractivity contribution in [3.63, 3.8) is 0 Å². The molecule has 2 aromatic carbocycles. The number of hydrogen-bond acceptors (Lipinski definition) is 1. The lowest BCUT2D eigenvalue weighted by Gasteiger charge is -2.30. The molecule has 1 fully saturated rings. The first-order valence-electron chi connectivity index (χ1n) is 13.4. The molecule has 0 radical (unpaired) electrons. The fraction of sp³-hybridized carbons (Fsp3) is 0.613. The van der Waals surface area contributed by atoms with Gasteiger partial charge in [0.25, 0.3) is 0 Å². The Labute approximate surface area is 198 Å². The second kappa shape index (κ2) is 13.1. The highest BCUT2D eigenvalue weighted by atomic mass is 16.5. The maximum atomic E-state index is 5.86. The highest BCUT2D eigenvalue weighted by Crippen LogP contribution is 2.39. The standard InChI is InChI=1S/C31H46O/c1-5-7-9-10-26-11-16-29(17-12-26)31-20-14-27(22-25(31)4)13-15-28-18-19-30(23-24(28)3)32-21-8-6-2/h14,18-20,22-23,26,29H,5-13,15-17,21H2,1-4H3/t26-,29-. The Morgan fingerprint density at radius 1 is 0.781 bits per heavy atom. The smallest absolute Gasteiger partial charge is 0.119 e. The van der Waals surface area contributed by atoms with E-state index in [1.54, 1.807) is 5.56 Å². The van der Waals surface area contributed by atoms with Gasteiger partial charge in [-0.15, -0.1) is 0 Å². The molecule has 0 aliphatic heterocycles. The molecule has 2 aromatic rings. The molecule has 32 heavy (non-hydrogen) atoms. The molecule has 1 saturated carbocycles. The lowest BCUT2D eigenvalue weighted by Crippen LogP contribution is -2.14. The largest absolute Gasteiger partial charge is 0.494 e. The molecule has 0 atom stereocenters. The number of benzene rings is 2. The Balaban J connectivity index is 1.50. The molecule has 176 valence electrons. The zero-order valence-electron chi connectivity index (χ0n) is 21.2. The summed E-state index contributed by atoms with van der Waals surface area (Å²) in [4.78, 5) is 0. The summed E-state index contributed by atoms with van der Waals surface area (Å²) < 4.78 is 5.86. The number of unbranched alkanes of at least 4 members (excludes halogenated alkanes) is 3. The molecule has 3 rings (SSSR count). The Kier molecular flexibility index (Phi) is 10.2. The first kappa shape index (κ1) is 24.9. The molecular weight excluding hydrogens is 388 g/mol. The quantitative estimate of drug-likeness (QED) is 0.303. The Hall–Kier alpha value is -1.76. The molecule has 1 nitrogen and oxygen atoms in total. The van der Waals surface area contributed by atoms with E-state index < -0.39 is 0 Å². The minimum atomic E-state index is 0.786. The zero-order chi connectivity index (χ0) is 22.8. The van der Waals surface area contributed by atoms with Crippen LogP contribution >= 0.6 is 0 Å². The molecule has 0 unspecified atom stereocenters. The third-order valence-electron chi connectivity index (χ3n) is 7.60. The molecule has 1 heteroatoms. The van der Waals surface area contributed by atoms with Crippen LogP contribution in [0.15, 0.2) is 36.4 Å². The van der Waals surface area contributed by atoms with Gasteiger partial charge in [-0.3, -0.25) is 0 Å². The lowest BCUT2D eigenvalue weighted by atomic mass is 9.76. The van der Waals surface area contributed by atoms with Crippen molar-refractivity contribution < 1.29 is 4.74 Å². The van der Waals surface area contributed by atoms with E-state index >= 15 is 0 Å². The third-order valence-corrected chi connectivity index (χ3v) is 7.60. The molecule has 0 N–H and O–H groups in total. The summed E-state index contributed by atoms with van der Waals surface area (Å²) in [6.45, 7) is 9.88. The molecule has 1 aliphatic carbocycles. The van der Waals surface area contributed by atoms with Crippen molar-refractivity contribution in [2.45, 2.75) is 111 Å². The van der Waals surface area contributed by atoms with Crippen LogP contribution in [0.5, 0.6) is 5.75 Å². The maximum Gasteiger partial charge on any atom is 0.119 e. The molecular formula is C31H46O. The summed E-state index contributed by atoms with van der Waals surface area (Å²) >= 11 is 0. The average Bonchev–Trinajstić information content (AvgIpc) is 2.80. The molecule has 0 aromatic heterocycles. The fourth-order valence-corrected chi connectivity index (χ4v) is 5.45. The highest BCUT2D eigenvalue weighted by molar-refractivity contribution is 5.37. The second-order valence-corrected chi connectivity index (χ2v) is 10.2. The first-order chi connectivity index (χ1) is 15.6. The van der Waals surface area contributed by atoms with Gasteiger partial charge >= 0.3 is 0 Å². The lowest BCUT2D eigenvalue weighted by molar-refractivity contribution is 0.302. The number of aryl methyl sites for hydroxylation is 4. The van der Waals surface area contributed by atoms with Crippen LogP contribution in [0.25, 0.3) is 0 Å². The van der Waals surface area contributed by atoms with Crippen LogP contribution in [0.4, 0.5) is 0 Å². The van der Waals surface area contributed by atoms with Gasteiger partial charge in [0, 0.05) is 0 Å². The molecule has 0 heterocycles. The summed E-state index contributed by atoms with van der Waals surface area (Å²) in [5.74, 6) is 2.79. The Bertz CT molecular complexity index is 813. The molecule has 0 saturated heterocycles. The van der Waals surface area contributed by atoms with Crippen LogP contribution < -0.4 is 4.74 Å². The van der Waals surface area contributed by atoms with Crippen molar-refractivity contribution in [2.75, 3.05) is 6.61 Å². The van der Waals surface area contributed by atoms with Gasteiger partial charge in [0.15, 0.2) is 0 Å². The van der Waals surface area contributed by atoms with Crippen molar-refractivity contribution in [1.29, 1.82) is 0 Å². The molecule has 0 spiro atoms. The van der Waals surface area contributed by atoms with Crippen LogP contribution in [0.1, 0.15) is 112 Å². The summed E-state index contributed by atoms with van der Waals surface area (Å²) in [5.41, 5.74) is 7.39. The van der Waals surface area contributed by atoms with E-state index in [-0.39, 0.29) is 0 Å². The topological polar surface area (TPSA) is 9.23 Å². The Morgan fingerprint density at radius 3 is 2.25 bits per heavy atom. The van der Waals surface area contributed by atoms with Crippen molar-refractivity contribution in [3.8, 4) is 5.75 Å². The number of hydrogen-bond donors (Lipinski definition) is 0. The third kappa shape index (κ3) is 7.39. The van der Waals surface area contributed by atoms with Crippen molar-refractivity contribution >= 4 is 0 Å². The summed E-state index contributed by atoms with van der Waals surface area (Å²) in [6, 6.07) is 13.9. The zero-order valence-corrected chi connectivity index (χ0v) is 21.2. The van der Waals surface area contributed by atoms with Crippen LogP contribution in [0, 0.1) is 19.8 Å². The maximum absolute atomic E-state index is 5.86. The molecule has 0 amide bonds.